The summed E-state index contributed by atoms with van der Waals surface area (Å²) in [5.41, 5.74) is -0.283. The Labute approximate surface area is 166 Å². The van der Waals surface area contributed by atoms with E-state index in [1.54, 1.807) is 66.7 Å². The molecule has 0 aromatic heterocycles. The molecule has 2 rings (SSSR count). The third-order valence-electron chi connectivity index (χ3n) is 4.20. The summed E-state index contributed by atoms with van der Waals surface area (Å²) in [5.74, 6) is 0.196. The van der Waals surface area contributed by atoms with Crippen LogP contribution in [0, 0.1) is 0 Å². The molecular formula is C21H31NO6. The van der Waals surface area contributed by atoms with E-state index in [1.807, 2.05) is 0 Å². The van der Waals surface area contributed by atoms with Crippen molar-refractivity contribution in [2.24, 2.45) is 0 Å². The summed E-state index contributed by atoms with van der Waals surface area (Å²) < 4.78 is 16.4. The van der Waals surface area contributed by atoms with Gasteiger partial charge in [0, 0.05) is 5.56 Å². The molecule has 1 aliphatic heterocycles. The van der Waals surface area contributed by atoms with Gasteiger partial charge in [-0.3, -0.25) is 4.79 Å². The van der Waals surface area contributed by atoms with Crippen LogP contribution >= 0.6 is 0 Å². The van der Waals surface area contributed by atoms with E-state index in [4.69, 9.17) is 14.2 Å². The van der Waals surface area contributed by atoms with E-state index in [1.165, 1.54) is 0 Å². The topological polar surface area (TPSA) is 94.1 Å². The molecule has 1 aromatic carbocycles. The lowest BCUT2D eigenvalue weighted by Crippen LogP contribution is -2.54. The largest absolute Gasteiger partial charge is 0.485 e. The van der Waals surface area contributed by atoms with Crippen molar-refractivity contribution in [1.82, 2.24) is 5.32 Å². The number of amides is 1. The van der Waals surface area contributed by atoms with E-state index in [9.17, 15) is 14.7 Å². The first-order valence-corrected chi connectivity index (χ1v) is 9.47. The van der Waals surface area contributed by atoms with Gasteiger partial charge in [-0.2, -0.15) is 0 Å². The Morgan fingerprint density at radius 2 is 1.93 bits per heavy atom. The number of aliphatic hydroxyl groups excluding tert-OH is 1. The number of ether oxygens (including phenoxy) is 3. The summed E-state index contributed by atoms with van der Waals surface area (Å²) in [7, 11) is 0. The average molecular weight is 393 g/mol. The molecule has 2 unspecified atom stereocenters. The predicted octanol–water partition coefficient (Wildman–Crippen LogP) is 3.28. The normalized spacial score (nSPS) is 20.8. The first-order chi connectivity index (χ1) is 12.8. The Balaban J connectivity index is 2.31. The van der Waals surface area contributed by atoms with E-state index in [0.717, 1.165) is 0 Å². The van der Waals surface area contributed by atoms with Crippen LogP contribution in [-0.4, -0.2) is 40.6 Å². The predicted molar refractivity (Wildman–Crippen MR) is 104 cm³/mol. The molecule has 28 heavy (non-hydrogen) atoms. The fraction of sp³-hybridized carbons (Fsp3) is 0.619. The summed E-state index contributed by atoms with van der Waals surface area (Å²) >= 11 is 0. The number of fused-ring (bicyclic) bond motifs is 1. The molecule has 1 amide bonds. The van der Waals surface area contributed by atoms with Gasteiger partial charge in [0.15, 0.2) is 0 Å². The number of aliphatic hydroxyl groups is 1. The molecule has 7 heteroatoms. The van der Waals surface area contributed by atoms with Crippen molar-refractivity contribution in [2.45, 2.75) is 84.3 Å². The van der Waals surface area contributed by atoms with Crippen molar-refractivity contribution in [2.75, 3.05) is 0 Å². The van der Waals surface area contributed by atoms with Crippen LogP contribution in [0.2, 0.25) is 0 Å². The van der Waals surface area contributed by atoms with Gasteiger partial charge in [-0.1, -0.05) is 6.07 Å². The van der Waals surface area contributed by atoms with Crippen LogP contribution in [0.5, 0.6) is 5.75 Å². The molecule has 156 valence electrons. The molecule has 2 atom stereocenters. The monoisotopic (exact) mass is 393 g/mol. The standard InChI is InChI=1S/C21H31NO6/c1-12(2)26-16(23)11-13-8-9-15-14(10-13)17(18(24)21(6,7)27-15)22-19(25)28-20(3,4)5/h8-10,12,17-18,24H,11H2,1-7H3,(H,22,25). The average Bonchev–Trinajstić information content (AvgIpc) is 2.49. The second kappa shape index (κ2) is 7.99. The number of hydrogen-bond donors (Lipinski definition) is 2. The summed E-state index contributed by atoms with van der Waals surface area (Å²) in [4.78, 5) is 24.3. The third-order valence-corrected chi connectivity index (χ3v) is 4.20. The van der Waals surface area contributed by atoms with Crippen LogP contribution < -0.4 is 10.1 Å². The van der Waals surface area contributed by atoms with Crippen LogP contribution in [-0.2, 0) is 20.7 Å². The first-order valence-electron chi connectivity index (χ1n) is 9.47. The van der Waals surface area contributed by atoms with Crippen molar-refractivity contribution in [3.8, 4) is 5.75 Å². The molecule has 0 radical (unpaired) electrons. The molecule has 1 aromatic rings. The van der Waals surface area contributed by atoms with Gasteiger partial charge >= 0.3 is 12.1 Å². The summed E-state index contributed by atoms with van der Waals surface area (Å²) in [5, 5.41) is 13.5. The van der Waals surface area contributed by atoms with Crippen molar-refractivity contribution in [3.63, 3.8) is 0 Å². The number of nitrogens with one attached hydrogen (secondary N) is 1. The van der Waals surface area contributed by atoms with Crippen LogP contribution in [0.3, 0.4) is 0 Å². The molecular weight excluding hydrogens is 362 g/mol. The summed E-state index contributed by atoms with van der Waals surface area (Å²) in [6.07, 6.45) is -1.75. The van der Waals surface area contributed by atoms with Crippen LogP contribution in [0.25, 0.3) is 0 Å². The first kappa shape index (κ1) is 22.0. The highest BCUT2D eigenvalue weighted by molar-refractivity contribution is 5.73. The number of esters is 1. The lowest BCUT2D eigenvalue weighted by atomic mass is 9.85. The van der Waals surface area contributed by atoms with E-state index >= 15 is 0 Å². The minimum Gasteiger partial charge on any atom is -0.485 e. The van der Waals surface area contributed by atoms with Crippen LogP contribution in [0.15, 0.2) is 18.2 Å². The lowest BCUT2D eigenvalue weighted by molar-refractivity contribution is -0.146. The maximum Gasteiger partial charge on any atom is 0.408 e. The Morgan fingerprint density at radius 3 is 2.50 bits per heavy atom. The molecule has 1 aliphatic rings. The molecule has 1 heterocycles. The zero-order chi connectivity index (χ0) is 21.3. The number of rotatable bonds is 4. The second-order valence-corrected chi connectivity index (χ2v) is 8.86. The number of alkyl carbamates (subject to hydrolysis) is 1. The lowest BCUT2D eigenvalue weighted by Gasteiger charge is -2.42. The molecule has 0 fully saturated rings. The third kappa shape index (κ3) is 5.61. The van der Waals surface area contributed by atoms with E-state index < -0.39 is 29.4 Å². The van der Waals surface area contributed by atoms with Gasteiger partial charge in [0.25, 0.3) is 0 Å². The van der Waals surface area contributed by atoms with Gasteiger partial charge in [-0.25, -0.2) is 4.79 Å². The van der Waals surface area contributed by atoms with Crippen LogP contribution in [0.4, 0.5) is 4.79 Å². The summed E-state index contributed by atoms with van der Waals surface area (Å²) in [6, 6.07) is 4.52. The fourth-order valence-corrected chi connectivity index (χ4v) is 3.02. The highest BCUT2D eigenvalue weighted by atomic mass is 16.6. The van der Waals surface area contributed by atoms with E-state index in [-0.39, 0.29) is 18.5 Å². The Bertz CT molecular complexity index is 735. The van der Waals surface area contributed by atoms with Gasteiger partial charge in [0.1, 0.15) is 23.1 Å². The SMILES string of the molecule is CC(C)OC(=O)Cc1ccc2c(c1)C(NC(=O)OC(C)(C)C)C(O)C(C)(C)O2. The molecule has 0 spiro atoms. The van der Waals surface area contributed by atoms with Crippen molar-refractivity contribution >= 4 is 12.1 Å². The van der Waals surface area contributed by atoms with E-state index in [0.29, 0.717) is 16.9 Å². The van der Waals surface area contributed by atoms with Gasteiger partial charge in [-0.05, 0) is 66.2 Å². The minimum atomic E-state index is -1.01. The number of carbonyl (C=O) groups is 2. The smallest absolute Gasteiger partial charge is 0.408 e. The second-order valence-electron chi connectivity index (χ2n) is 8.86. The quantitative estimate of drug-likeness (QED) is 0.763. The van der Waals surface area contributed by atoms with Gasteiger partial charge < -0.3 is 24.6 Å². The maximum absolute atomic E-state index is 12.3. The highest BCUT2D eigenvalue weighted by Gasteiger charge is 2.44. The number of hydrogen-bond acceptors (Lipinski definition) is 6. The Kier molecular flexibility index (Phi) is 6.28. The Hall–Kier alpha value is -2.28. The van der Waals surface area contributed by atoms with Gasteiger partial charge in [0.2, 0.25) is 0 Å². The zero-order valence-corrected chi connectivity index (χ0v) is 17.7. The zero-order valence-electron chi connectivity index (χ0n) is 17.7. The van der Waals surface area contributed by atoms with Crippen LogP contribution in [0.1, 0.15) is 65.6 Å². The minimum absolute atomic E-state index is 0.0874. The number of benzene rings is 1. The molecule has 0 saturated heterocycles. The maximum atomic E-state index is 12.3. The van der Waals surface area contributed by atoms with E-state index in [2.05, 4.69) is 5.32 Å². The molecule has 0 saturated carbocycles. The van der Waals surface area contributed by atoms with Gasteiger partial charge in [0.05, 0.1) is 18.6 Å². The molecule has 0 aliphatic carbocycles. The molecule has 2 N–H and O–H groups in total. The number of carbonyl (C=O) groups excluding carboxylic acids is 2. The molecule has 7 nitrogen and oxygen atoms in total. The Morgan fingerprint density at radius 1 is 1.29 bits per heavy atom. The van der Waals surface area contributed by atoms with Crippen molar-refractivity contribution in [3.05, 3.63) is 29.3 Å². The fourth-order valence-electron chi connectivity index (χ4n) is 3.02. The van der Waals surface area contributed by atoms with Gasteiger partial charge in [-0.15, -0.1) is 0 Å². The summed E-state index contributed by atoms with van der Waals surface area (Å²) in [6.45, 7) is 12.4. The molecule has 0 bridgehead atoms. The van der Waals surface area contributed by atoms with Crippen molar-refractivity contribution < 1.29 is 28.9 Å². The highest BCUT2D eigenvalue weighted by Crippen LogP contribution is 2.40. The van der Waals surface area contributed by atoms with Crippen molar-refractivity contribution in [1.29, 1.82) is 0 Å².